The third-order valence-corrected chi connectivity index (χ3v) is 5.85. The van der Waals surface area contributed by atoms with Gasteiger partial charge in [0.15, 0.2) is 0 Å². The molecule has 1 fully saturated rings. The van der Waals surface area contributed by atoms with E-state index >= 15 is 0 Å². The number of carbonyl (C=O) groups is 2. The molecular weight excluding hydrogens is 446 g/mol. The lowest BCUT2D eigenvalue weighted by atomic mass is 9.93. The average Bonchev–Trinajstić information content (AvgIpc) is 3.07. The van der Waals surface area contributed by atoms with E-state index < -0.39 is 17.7 Å². The van der Waals surface area contributed by atoms with Crippen LogP contribution >= 0.6 is 0 Å². The largest absolute Gasteiger partial charge is 0.507 e. The van der Waals surface area contributed by atoms with Gasteiger partial charge in [0.05, 0.1) is 30.9 Å². The highest BCUT2D eigenvalue weighted by Gasteiger charge is 2.45. The summed E-state index contributed by atoms with van der Waals surface area (Å²) >= 11 is 0. The summed E-state index contributed by atoms with van der Waals surface area (Å²) in [5.41, 5.74) is 2.14. The van der Waals surface area contributed by atoms with Crippen LogP contribution in [-0.2, 0) is 14.3 Å². The Hall–Kier alpha value is -3.32. The number of benzene rings is 2. The molecule has 7 nitrogen and oxygen atoms in total. The Bertz CT molecular complexity index is 1090. The lowest BCUT2D eigenvalue weighted by molar-refractivity contribution is -0.140. The number of aliphatic hydroxyl groups excluding tert-OH is 1. The number of aliphatic hydroxyl groups is 1. The number of methoxy groups -OCH3 is 1. The zero-order valence-corrected chi connectivity index (χ0v) is 21.3. The number of hydrogen-bond acceptors (Lipinski definition) is 6. The van der Waals surface area contributed by atoms with Gasteiger partial charge in [-0.05, 0) is 68.1 Å². The summed E-state index contributed by atoms with van der Waals surface area (Å²) in [6.45, 7) is 10.9. The third kappa shape index (κ3) is 5.68. The molecule has 3 rings (SSSR count). The second kappa shape index (κ2) is 11.4. The van der Waals surface area contributed by atoms with Crippen LogP contribution in [0.25, 0.3) is 5.76 Å². The number of ether oxygens (including phenoxy) is 3. The van der Waals surface area contributed by atoms with Gasteiger partial charge in [-0.25, -0.2) is 0 Å². The van der Waals surface area contributed by atoms with Crippen LogP contribution in [0.3, 0.4) is 0 Å². The van der Waals surface area contributed by atoms with E-state index in [4.69, 9.17) is 14.2 Å². The summed E-state index contributed by atoms with van der Waals surface area (Å²) in [5.74, 6) is -0.0294. The van der Waals surface area contributed by atoms with Gasteiger partial charge < -0.3 is 24.2 Å². The van der Waals surface area contributed by atoms with E-state index in [2.05, 4.69) is 0 Å². The molecular formula is C28H35NO6. The molecule has 1 amide bonds. The Morgan fingerprint density at radius 2 is 1.74 bits per heavy atom. The minimum Gasteiger partial charge on any atom is -0.507 e. The van der Waals surface area contributed by atoms with E-state index in [1.165, 1.54) is 12.0 Å². The molecule has 0 spiro atoms. The topological polar surface area (TPSA) is 85.3 Å². The maximum Gasteiger partial charge on any atom is 0.295 e. The van der Waals surface area contributed by atoms with Crippen LogP contribution in [0.4, 0.5) is 0 Å². The van der Waals surface area contributed by atoms with Crippen molar-refractivity contribution < 1.29 is 28.9 Å². The zero-order valence-electron chi connectivity index (χ0n) is 21.3. The van der Waals surface area contributed by atoms with Crippen molar-refractivity contribution in [3.8, 4) is 11.5 Å². The molecule has 188 valence electrons. The first-order valence-electron chi connectivity index (χ1n) is 12.0. The quantitative estimate of drug-likeness (QED) is 0.290. The van der Waals surface area contributed by atoms with Gasteiger partial charge in [0.25, 0.3) is 11.7 Å². The molecule has 1 unspecified atom stereocenters. The van der Waals surface area contributed by atoms with Crippen LogP contribution in [-0.4, -0.2) is 54.7 Å². The molecule has 2 aromatic carbocycles. The van der Waals surface area contributed by atoms with Crippen LogP contribution in [0.2, 0.25) is 0 Å². The summed E-state index contributed by atoms with van der Waals surface area (Å²) < 4.78 is 16.6. The molecule has 0 bridgehead atoms. The Labute approximate surface area is 207 Å². The lowest BCUT2D eigenvalue weighted by Crippen LogP contribution is -2.32. The highest BCUT2D eigenvalue weighted by atomic mass is 16.5. The number of carbonyl (C=O) groups excluding carboxylic acids is 2. The van der Waals surface area contributed by atoms with Crippen molar-refractivity contribution in [2.45, 2.75) is 52.7 Å². The second-order valence-corrected chi connectivity index (χ2v) is 9.06. The van der Waals surface area contributed by atoms with Crippen LogP contribution in [0.1, 0.15) is 63.3 Å². The van der Waals surface area contributed by atoms with E-state index in [9.17, 15) is 14.7 Å². The number of Topliss-reactive ketones (excluding diaryl/α,β-unsaturated/α-hetero) is 1. The fourth-order valence-corrected chi connectivity index (χ4v) is 4.24. The molecule has 1 heterocycles. The molecule has 7 heteroatoms. The SMILES string of the molecule is CCOc1ccc(/C(O)=C2/C(=O)C(=O)N(CCOC)C2c2ccc(OC(C)C)cc2)cc1C(C)C. The number of hydrogen-bond donors (Lipinski definition) is 1. The predicted molar refractivity (Wildman–Crippen MR) is 135 cm³/mol. The van der Waals surface area contributed by atoms with Gasteiger partial charge in [-0.1, -0.05) is 26.0 Å². The standard InChI is InChI=1S/C28H35NO6/c1-7-34-23-13-10-20(16-22(23)17(2)3)26(30)24-25(29(14-15-33-6)28(32)27(24)31)19-8-11-21(12-9-19)35-18(4)5/h8-13,16-18,25,30H,7,14-15H2,1-6H3/b26-24-. The van der Waals surface area contributed by atoms with E-state index in [0.717, 1.165) is 11.3 Å². The molecule has 1 atom stereocenters. The maximum atomic E-state index is 13.2. The first-order valence-corrected chi connectivity index (χ1v) is 12.0. The number of amides is 1. The highest BCUT2D eigenvalue weighted by Crippen LogP contribution is 2.40. The molecule has 1 aliphatic heterocycles. The molecule has 0 saturated carbocycles. The van der Waals surface area contributed by atoms with Gasteiger partial charge >= 0.3 is 0 Å². The zero-order chi connectivity index (χ0) is 25.7. The normalized spacial score (nSPS) is 17.5. The summed E-state index contributed by atoms with van der Waals surface area (Å²) in [6, 6.07) is 11.8. The van der Waals surface area contributed by atoms with Gasteiger partial charge in [0.1, 0.15) is 17.3 Å². The van der Waals surface area contributed by atoms with Crippen LogP contribution in [0, 0.1) is 0 Å². The van der Waals surface area contributed by atoms with E-state index in [-0.39, 0.29) is 36.5 Å². The Morgan fingerprint density at radius 1 is 1.06 bits per heavy atom. The van der Waals surface area contributed by atoms with Crippen molar-refractivity contribution in [1.82, 2.24) is 4.90 Å². The highest BCUT2D eigenvalue weighted by molar-refractivity contribution is 6.46. The van der Waals surface area contributed by atoms with Crippen molar-refractivity contribution >= 4 is 17.4 Å². The van der Waals surface area contributed by atoms with E-state index in [0.29, 0.717) is 23.5 Å². The maximum absolute atomic E-state index is 13.2. The number of nitrogens with zero attached hydrogens (tertiary/aromatic N) is 1. The van der Waals surface area contributed by atoms with Gasteiger partial charge in [-0.2, -0.15) is 0 Å². The van der Waals surface area contributed by atoms with Crippen LogP contribution in [0.5, 0.6) is 11.5 Å². The molecule has 1 saturated heterocycles. The fourth-order valence-electron chi connectivity index (χ4n) is 4.24. The first kappa shape index (κ1) is 26.3. The van der Waals surface area contributed by atoms with Gasteiger partial charge in [-0.15, -0.1) is 0 Å². The molecule has 1 aliphatic rings. The van der Waals surface area contributed by atoms with Crippen molar-refractivity contribution in [3.63, 3.8) is 0 Å². The summed E-state index contributed by atoms with van der Waals surface area (Å²) in [4.78, 5) is 27.6. The Morgan fingerprint density at radius 3 is 2.31 bits per heavy atom. The fraction of sp³-hybridized carbons (Fsp3) is 0.429. The molecule has 0 radical (unpaired) electrons. The average molecular weight is 482 g/mol. The van der Waals surface area contributed by atoms with Crippen LogP contribution < -0.4 is 9.47 Å². The number of ketones is 1. The smallest absolute Gasteiger partial charge is 0.295 e. The Kier molecular flexibility index (Phi) is 8.57. The van der Waals surface area contributed by atoms with Crippen LogP contribution in [0.15, 0.2) is 48.0 Å². The summed E-state index contributed by atoms with van der Waals surface area (Å²) in [5, 5.41) is 11.4. The summed E-state index contributed by atoms with van der Waals surface area (Å²) in [6.07, 6.45) is 0.0167. The number of likely N-dealkylation sites (tertiary alicyclic amines) is 1. The molecule has 1 N–H and O–H groups in total. The van der Waals surface area contributed by atoms with Gasteiger partial charge in [0.2, 0.25) is 0 Å². The van der Waals surface area contributed by atoms with E-state index in [1.54, 1.807) is 24.3 Å². The molecule has 0 aromatic heterocycles. The van der Waals surface area contributed by atoms with Crippen molar-refractivity contribution in [2.24, 2.45) is 0 Å². The van der Waals surface area contributed by atoms with Crippen molar-refractivity contribution in [2.75, 3.05) is 26.9 Å². The third-order valence-electron chi connectivity index (χ3n) is 5.85. The molecule has 0 aliphatic carbocycles. The van der Waals surface area contributed by atoms with Crippen molar-refractivity contribution in [1.29, 1.82) is 0 Å². The summed E-state index contributed by atoms with van der Waals surface area (Å²) in [7, 11) is 1.54. The minimum atomic E-state index is -0.743. The monoisotopic (exact) mass is 481 g/mol. The number of rotatable bonds is 10. The minimum absolute atomic E-state index is 0.0167. The Balaban J connectivity index is 2.13. The van der Waals surface area contributed by atoms with Gasteiger partial charge in [-0.3, -0.25) is 9.59 Å². The first-order chi connectivity index (χ1) is 16.7. The van der Waals surface area contributed by atoms with E-state index in [1.807, 2.05) is 52.8 Å². The molecule has 2 aromatic rings. The van der Waals surface area contributed by atoms with Crippen molar-refractivity contribution in [3.05, 3.63) is 64.7 Å². The predicted octanol–water partition coefficient (Wildman–Crippen LogP) is 5.06. The second-order valence-electron chi connectivity index (χ2n) is 9.06. The molecule has 35 heavy (non-hydrogen) atoms. The lowest BCUT2D eigenvalue weighted by Gasteiger charge is -2.25. The van der Waals surface area contributed by atoms with Gasteiger partial charge in [0, 0.05) is 19.2 Å².